The van der Waals surface area contributed by atoms with E-state index < -0.39 is 0 Å². The monoisotopic (exact) mass is 226 g/mol. The SMILES string of the molecule is CNC1CCN(CC(O)CC2CCCC2)C1. The first-order chi connectivity index (χ1) is 7.78. The number of β-amino-alcohol motifs (C(OH)–C–C–N with tert-alkyl or cyclic N) is 1. The maximum atomic E-state index is 10.1. The predicted molar refractivity (Wildman–Crippen MR) is 66.5 cm³/mol. The predicted octanol–water partition coefficient (Wildman–Crippen LogP) is 1.22. The van der Waals surface area contributed by atoms with Crippen LogP contribution in [0.1, 0.15) is 38.5 Å². The number of hydrogen-bond donors (Lipinski definition) is 2. The minimum absolute atomic E-state index is 0.0984. The first-order valence-electron chi connectivity index (χ1n) is 6.85. The first kappa shape index (κ1) is 12.3. The molecule has 2 unspecified atom stereocenters. The molecule has 3 nitrogen and oxygen atoms in total. The molecule has 0 spiro atoms. The topological polar surface area (TPSA) is 35.5 Å². The summed E-state index contributed by atoms with van der Waals surface area (Å²) in [6.45, 7) is 3.14. The van der Waals surface area contributed by atoms with Crippen LogP contribution in [0.4, 0.5) is 0 Å². The van der Waals surface area contributed by atoms with Crippen LogP contribution in [0.25, 0.3) is 0 Å². The molecule has 1 heterocycles. The Bertz CT molecular complexity index is 204. The minimum atomic E-state index is -0.0984. The van der Waals surface area contributed by atoms with Crippen LogP contribution in [-0.2, 0) is 0 Å². The van der Waals surface area contributed by atoms with Crippen molar-refractivity contribution in [1.82, 2.24) is 10.2 Å². The van der Waals surface area contributed by atoms with Gasteiger partial charge in [-0.1, -0.05) is 25.7 Å². The minimum Gasteiger partial charge on any atom is -0.392 e. The van der Waals surface area contributed by atoms with Gasteiger partial charge in [-0.15, -0.1) is 0 Å². The Morgan fingerprint density at radius 1 is 1.31 bits per heavy atom. The van der Waals surface area contributed by atoms with E-state index in [-0.39, 0.29) is 6.10 Å². The normalized spacial score (nSPS) is 30.0. The van der Waals surface area contributed by atoms with Gasteiger partial charge in [-0.05, 0) is 32.4 Å². The van der Waals surface area contributed by atoms with Crippen molar-refractivity contribution in [2.24, 2.45) is 5.92 Å². The summed E-state index contributed by atoms with van der Waals surface area (Å²) in [5, 5.41) is 13.4. The van der Waals surface area contributed by atoms with E-state index >= 15 is 0 Å². The third-order valence-corrected chi connectivity index (χ3v) is 4.23. The molecule has 3 heteroatoms. The summed E-state index contributed by atoms with van der Waals surface area (Å²) in [6, 6.07) is 0.638. The molecule has 0 amide bonds. The van der Waals surface area contributed by atoms with Gasteiger partial charge in [0.1, 0.15) is 0 Å². The molecule has 1 aliphatic heterocycles. The highest BCUT2D eigenvalue weighted by Gasteiger charge is 2.24. The van der Waals surface area contributed by atoms with E-state index in [1.54, 1.807) is 0 Å². The van der Waals surface area contributed by atoms with Gasteiger partial charge >= 0.3 is 0 Å². The Balaban J connectivity index is 1.64. The van der Waals surface area contributed by atoms with Crippen LogP contribution in [0.5, 0.6) is 0 Å². The van der Waals surface area contributed by atoms with Gasteiger partial charge in [-0.25, -0.2) is 0 Å². The summed E-state index contributed by atoms with van der Waals surface area (Å²) in [7, 11) is 2.03. The van der Waals surface area contributed by atoms with Crippen molar-refractivity contribution in [2.75, 3.05) is 26.7 Å². The smallest absolute Gasteiger partial charge is 0.0669 e. The number of likely N-dealkylation sites (N-methyl/N-ethyl adjacent to an activating group) is 1. The van der Waals surface area contributed by atoms with Gasteiger partial charge in [-0.2, -0.15) is 0 Å². The highest BCUT2D eigenvalue weighted by molar-refractivity contribution is 4.82. The van der Waals surface area contributed by atoms with Gasteiger partial charge in [0.2, 0.25) is 0 Å². The third-order valence-electron chi connectivity index (χ3n) is 4.23. The molecule has 2 atom stereocenters. The van der Waals surface area contributed by atoms with Gasteiger partial charge < -0.3 is 10.4 Å². The van der Waals surface area contributed by atoms with Crippen molar-refractivity contribution in [3.8, 4) is 0 Å². The third kappa shape index (κ3) is 3.44. The van der Waals surface area contributed by atoms with Crippen LogP contribution in [0.15, 0.2) is 0 Å². The second kappa shape index (κ2) is 5.99. The van der Waals surface area contributed by atoms with Crippen molar-refractivity contribution >= 4 is 0 Å². The van der Waals surface area contributed by atoms with E-state index in [9.17, 15) is 5.11 Å². The molecule has 1 aliphatic carbocycles. The van der Waals surface area contributed by atoms with E-state index in [1.807, 2.05) is 7.05 Å². The summed E-state index contributed by atoms with van der Waals surface area (Å²) < 4.78 is 0. The van der Waals surface area contributed by atoms with Crippen molar-refractivity contribution < 1.29 is 5.11 Å². The van der Waals surface area contributed by atoms with Gasteiger partial charge in [0.05, 0.1) is 6.10 Å². The number of nitrogens with one attached hydrogen (secondary N) is 1. The molecule has 2 N–H and O–H groups in total. The maximum absolute atomic E-state index is 10.1. The van der Waals surface area contributed by atoms with Gasteiger partial charge in [0.15, 0.2) is 0 Å². The molecule has 0 aromatic heterocycles. The molecule has 0 aromatic rings. The lowest BCUT2D eigenvalue weighted by Crippen LogP contribution is -2.34. The largest absolute Gasteiger partial charge is 0.392 e. The lowest BCUT2D eigenvalue weighted by molar-refractivity contribution is 0.100. The van der Waals surface area contributed by atoms with Crippen LogP contribution < -0.4 is 5.32 Å². The molecular formula is C13H26N2O. The molecule has 2 rings (SSSR count). The van der Waals surface area contributed by atoms with E-state index in [4.69, 9.17) is 0 Å². The Labute approximate surface area is 99.2 Å². The first-order valence-corrected chi connectivity index (χ1v) is 6.85. The van der Waals surface area contributed by atoms with Crippen LogP contribution in [0, 0.1) is 5.92 Å². The van der Waals surface area contributed by atoms with Crippen molar-refractivity contribution in [2.45, 2.75) is 50.7 Å². The van der Waals surface area contributed by atoms with Crippen molar-refractivity contribution in [3.63, 3.8) is 0 Å². The zero-order valence-electron chi connectivity index (χ0n) is 10.5. The van der Waals surface area contributed by atoms with Crippen LogP contribution in [-0.4, -0.2) is 48.8 Å². The summed E-state index contributed by atoms with van der Waals surface area (Å²) in [4.78, 5) is 2.40. The van der Waals surface area contributed by atoms with Gasteiger partial charge in [0.25, 0.3) is 0 Å². The molecule has 1 saturated heterocycles. The fourth-order valence-electron chi connectivity index (χ4n) is 3.24. The molecule has 16 heavy (non-hydrogen) atoms. The van der Waals surface area contributed by atoms with Crippen molar-refractivity contribution in [3.05, 3.63) is 0 Å². The number of nitrogens with zero attached hydrogens (tertiary/aromatic N) is 1. The second-order valence-corrected chi connectivity index (χ2v) is 5.57. The highest BCUT2D eigenvalue weighted by Crippen LogP contribution is 2.28. The van der Waals surface area contributed by atoms with E-state index in [1.165, 1.54) is 32.1 Å². The molecule has 2 fully saturated rings. The average Bonchev–Trinajstić information content (AvgIpc) is 2.89. The molecule has 2 aliphatic rings. The van der Waals surface area contributed by atoms with Crippen LogP contribution in [0.3, 0.4) is 0 Å². The number of aliphatic hydroxyl groups is 1. The Morgan fingerprint density at radius 3 is 2.69 bits per heavy atom. The van der Waals surface area contributed by atoms with E-state index in [0.29, 0.717) is 6.04 Å². The van der Waals surface area contributed by atoms with Crippen LogP contribution >= 0.6 is 0 Å². The van der Waals surface area contributed by atoms with Crippen molar-refractivity contribution in [1.29, 1.82) is 0 Å². The molecule has 0 radical (unpaired) electrons. The summed E-state index contributed by atoms with van der Waals surface area (Å²) >= 11 is 0. The van der Waals surface area contributed by atoms with Crippen LogP contribution in [0.2, 0.25) is 0 Å². The van der Waals surface area contributed by atoms with Gasteiger partial charge in [-0.3, -0.25) is 4.90 Å². The molecule has 0 aromatic carbocycles. The number of hydrogen-bond acceptors (Lipinski definition) is 3. The zero-order chi connectivity index (χ0) is 11.4. The molecule has 94 valence electrons. The second-order valence-electron chi connectivity index (χ2n) is 5.57. The number of likely N-dealkylation sites (tertiary alicyclic amines) is 1. The van der Waals surface area contributed by atoms with Gasteiger partial charge in [0, 0.05) is 19.1 Å². The lowest BCUT2D eigenvalue weighted by Gasteiger charge is -2.22. The highest BCUT2D eigenvalue weighted by atomic mass is 16.3. The average molecular weight is 226 g/mol. The fourth-order valence-corrected chi connectivity index (χ4v) is 3.24. The Hall–Kier alpha value is -0.120. The summed E-state index contributed by atoms with van der Waals surface area (Å²) in [6.07, 6.45) is 7.60. The zero-order valence-corrected chi connectivity index (χ0v) is 10.5. The Morgan fingerprint density at radius 2 is 2.06 bits per heavy atom. The Kier molecular flexibility index (Phi) is 4.62. The molecule has 1 saturated carbocycles. The number of rotatable bonds is 5. The van der Waals surface area contributed by atoms with E-state index in [0.717, 1.165) is 32.0 Å². The lowest BCUT2D eigenvalue weighted by atomic mass is 10.00. The van der Waals surface area contributed by atoms with E-state index in [2.05, 4.69) is 10.2 Å². The standard InChI is InChI=1S/C13H26N2O/c1-14-12-6-7-15(9-12)10-13(16)8-11-4-2-3-5-11/h11-14,16H,2-10H2,1H3. The maximum Gasteiger partial charge on any atom is 0.0669 e. The summed E-state index contributed by atoms with van der Waals surface area (Å²) in [5.74, 6) is 0.803. The number of aliphatic hydroxyl groups excluding tert-OH is 1. The fraction of sp³-hybridized carbons (Fsp3) is 1.00. The molecular weight excluding hydrogens is 200 g/mol. The quantitative estimate of drug-likeness (QED) is 0.740. The molecule has 0 bridgehead atoms. The summed E-state index contributed by atoms with van der Waals surface area (Å²) in [5.41, 5.74) is 0.